The van der Waals surface area contributed by atoms with E-state index in [0.717, 1.165) is 32.1 Å². The summed E-state index contributed by atoms with van der Waals surface area (Å²) in [4.78, 5) is 17.0. The molecule has 0 bridgehead atoms. The van der Waals surface area contributed by atoms with Gasteiger partial charge in [-0.05, 0) is 24.6 Å². The number of thiophene rings is 1. The predicted molar refractivity (Wildman–Crippen MR) is 99.1 cm³/mol. The Bertz CT molecular complexity index is 892. The lowest BCUT2D eigenvalue weighted by atomic mass is 10.1. The third kappa shape index (κ3) is 3.78. The number of nitrogens with one attached hydrogen (secondary N) is 1. The second-order valence-electron chi connectivity index (χ2n) is 5.59. The number of carbonyl (C=O) groups excluding carboxylic acids is 1. The number of carbonyl (C=O) groups is 1. The Hall–Kier alpha value is -2.09. The molecule has 3 rings (SSSR count). The van der Waals surface area contributed by atoms with Crippen LogP contribution < -0.4 is 11.1 Å². The number of aromatic nitrogens is 1. The molecule has 0 aliphatic carbocycles. The van der Waals surface area contributed by atoms with Gasteiger partial charge >= 0.3 is 5.97 Å². The Balaban J connectivity index is 1.92. The maximum atomic E-state index is 11.6. The van der Waals surface area contributed by atoms with Crippen molar-refractivity contribution in [3.8, 4) is 0 Å². The molecule has 0 saturated heterocycles. The summed E-state index contributed by atoms with van der Waals surface area (Å²) in [5.74, 6) is 0.390. The van der Waals surface area contributed by atoms with Crippen LogP contribution in [0.3, 0.4) is 0 Å². The fourth-order valence-corrected chi connectivity index (χ4v) is 4.04. The molecule has 1 unspecified atom stereocenters. The van der Waals surface area contributed by atoms with Crippen molar-refractivity contribution < 1.29 is 13.9 Å². The molecular formula is C17H18ClN3O3S. The Morgan fingerprint density at radius 2 is 2.36 bits per heavy atom. The van der Waals surface area contributed by atoms with Gasteiger partial charge in [0.05, 0.1) is 35.8 Å². The first-order chi connectivity index (χ1) is 12.0. The van der Waals surface area contributed by atoms with Crippen molar-refractivity contribution in [2.45, 2.75) is 25.9 Å². The Morgan fingerprint density at radius 1 is 1.56 bits per heavy atom. The summed E-state index contributed by atoms with van der Waals surface area (Å²) >= 11 is 7.73. The van der Waals surface area contributed by atoms with Crippen LogP contribution in [0, 0.1) is 6.92 Å². The zero-order valence-corrected chi connectivity index (χ0v) is 15.4. The van der Waals surface area contributed by atoms with Crippen molar-refractivity contribution in [2.24, 2.45) is 5.73 Å². The van der Waals surface area contributed by atoms with E-state index >= 15 is 0 Å². The van der Waals surface area contributed by atoms with Crippen molar-refractivity contribution in [2.75, 3.05) is 12.4 Å². The lowest BCUT2D eigenvalue weighted by molar-refractivity contribution is -0.142. The van der Waals surface area contributed by atoms with Crippen LogP contribution >= 0.6 is 22.9 Å². The van der Waals surface area contributed by atoms with Gasteiger partial charge in [-0.3, -0.25) is 4.79 Å². The highest BCUT2D eigenvalue weighted by Crippen LogP contribution is 2.37. The number of fused-ring (bicyclic) bond motifs is 1. The summed E-state index contributed by atoms with van der Waals surface area (Å²) in [6.45, 7) is 2.49. The molecule has 25 heavy (non-hydrogen) atoms. The van der Waals surface area contributed by atoms with Gasteiger partial charge in [0, 0.05) is 17.4 Å². The van der Waals surface area contributed by atoms with E-state index < -0.39 is 12.0 Å². The number of ether oxygens (including phenoxy) is 1. The number of furan rings is 1. The molecule has 0 fully saturated rings. The SMILES string of the molecule is COC(=O)C(N)Cc1sc2c(NCc3ccco3)cc(Cl)nc2c1C. The van der Waals surface area contributed by atoms with Gasteiger partial charge in [-0.2, -0.15) is 0 Å². The summed E-state index contributed by atoms with van der Waals surface area (Å²) < 4.78 is 11.0. The van der Waals surface area contributed by atoms with E-state index in [9.17, 15) is 4.79 Å². The van der Waals surface area contributed by atoms with E-state index in [1.165, 1.54) is 7.11 Å². The first-order valence-electron chi connectivity index (χ1n) is 7.67. The number of hydrogen-bond acceptors (Lipinski definition) is 7. The Labute approximate surface area is 153 Å². The molecule has 3 aromatic heterocycles. The lowest BCUT2D eigenvalue weighted by Crippen LogP contribution is -2.33. The van der Waals surface area contributed by atoms with Gasteiger partial charge in [-0.15, -0.1) is 11.3 Å². The quantitative estimate of drug-likeness (QED) is 0.503. The minimum atomic E-state index is -0.702. The average Bonchev–Trinajstić information content (AvgIpc) is 3.21. The van der Waals surface area contributed by atoms with Crippen molar-refractivity contribution >= 4 is 44.8 Å². The van der Waals surface area contributed by atoms with E-state index in [2.05, 4.69) is 10.3 Å². The van der Waals surface area contributed by atoms with Crippen LogP contribution in [-0.2, 0) is 22.5 Å². The number of methoxy groups -OCH3 is 1. The summed E-state index contributed by atoms with van der Waals surface area (Å²) in [6.07, 6.45) is 2.03. The van der Waals surface area contributed by atoms with E-state index in [4.69, 9.17) is 26.5 Å². The van der Waals surface area contributed by atoms with Gasteiger partial charge < -0.3 is 20.2 Å². The van der Waals surface area contributed by atoms with E-state index in [1.807, 2.05) is 19.1 Å². The minimum Gasteiger partial charge on any atom is -0.468 e. The maximum absolute atomic E-state index is 11.6. The molecule has 6 nitrogen and oxygen atoms in total. The second kappa shape index (κ2) is 7.43. The molecule has 3 aromatic rings. The highest BCUT2D eigenvalue weighted by molar-refractivity contribution is 7.19. The molecule has 132 valence electrons. The summed E-state index contributed by atoms with van der Waals surface area (Å²) in [5, 5.41) is 3.73. The zero-order valence-electron chi connectivity index (χ0n) is 13.8. The maximum Gasteiger partial charge on any atom is 0.323 e. The summed E-state index contributed by atoms with van der Waals surface area (Å²) in [6, 6.07) is 4.82. The van der Waals surface area contributed by atoms with Gasteiger partial charge in [0.2, 0.25) is 0 Å². The molecule has 1 atom stereocenters. The molecule has 0 radical (unpaired) electrons. The van der Waals surface area contributed by atoms with Crippen LogP contribution in [-0.4, -0.2) is 24.1 Å². The molecule has 8 heteroatoms. The number of rotatable bonds is 6. The molecule has 0 aliphatic heterocycles. The van der Waals surface area contributed by atoms with E-state index in [0.29, 0.717) is 18.1 Å². The van der Waals surface area contributed by atoms with Crippen molar-refractivity contribution in [3.63, 3.8) is 0 Å². The largest absolute Gasteiger partial charge is 0.468 e. The number of esters is 1. The van der Waals surface area contributed by atoms with Gasteiger partial charge in [0.25, 0.3) is 0 Å². The van der Waals surface area contributed by atoms with Crippen LogP contribution in [0.1, 0.15) is 16.2 Å². The van der Waals surface area contributed by atoms with Crippen LogP contribution in [0.25, 0.3) is 10.2 Å². The number of halogens is 1. The molecule has 0 saturated carbocycles. The van der Waals surface area contributed by atoms with Crippen molar-refractivity contribution in [1.82, 2.24) is 4.98 Å². The smallest absolute Gasteiger partial charge is 0.323 e. The fourth-order valence-electron chi connectivity index (χ4n) is 2.55. The molecule has 0 aliphatic rings. The van der Waals surface area contributed by atoms with Crippen molar-refractivity contribution in [1.29, 1.82) is 0 Å². The normalized spacial score (nSPS) is 12.3. The standard InChI is InChI=1S/C17H18ClN3O3S/c1-9-13(6-11(19)17(22)23-2)25-16-12(7-14(18)21-15(9)16)20-8-10-4-3-5-24-10/h3-5,7,11H,6,8,19H2,1-2H3,(H,20,21). The van der Waals surface area contributed by atoms with Crippen LogP contribution in [0.4, 0.5) is 5.69 Å². The zero-order chi connectivity index (χ0) is 18.0. The summed E-state index contributed by atoms with van der Waals surface area (Å²) in [7, 11) is 1.33. The minimum absolute atomic E-state index is 0.398. The van der Waals surface area contributed by atoms with Gasteiger partial charge in [-0.1, -0.05) is 11.6 Å². The molecule has 3 heterocycles. The highest BCUT2D eigenvalue weighted by Gasteiger charge is 2.20. The second-order valence-corrected chi connectivity index (χ2v) is 7.08. The topological polar surface area (TPSA) is 90.4 Å². The number of nitrogens with two attached hydrogens (primary N) is 1. The molecular weight excluding hydrogens is 362 g/mol. The van der Waals surface area contributed by atoms with Crippen LogP contribution in [0.5, 0.6) is 0 Å². The Morgan fingerprint density at radius 3 is 3.04 bits per heavy atom. The third-order valence-electron chi connectivity index (χ3n) is 3.88. The highest BCUT2D eigenvalue weighted by atomic mass is 35.5. The summed E-state index contributed by atoms with van der Waals surface area (Å²) in [5.41, 5.74) is 8.56. The molecule has 0 amide bonds. The van der Waals surface area contributed by atoms with E-state index in [-0.39, 0.29) is 0 Å². The number of hydrogen-bond donors (Lipinski definition) is 2. The molecule has 0 spiro atoms. The molecule has 0 aromatic carbocycles. The van der Waals surface area contributed by atoms with Crippen LogP contribution in [0.15, 0.2) is 28.9 Å². The molecule has 3 N–H and O–H groups in total. The monoisotopic (exact) mass is 379 g/mol. The third-order valence-corrected chi connectivity index (χ3v) is 5.41. The predicted octanol–water partition coefficient (Wildman–Crippen LogP) is 3.51. The number of anilines is 1. The fraction of sp³-hybridized carbons (Fsp3) is 0.294. The number of aryl methyl sites for hydroxylation is 1. The van der Waals surface area contributed by atoms with Crippen LogP contribution in [0.2, 0.25) is 5.15 Å². The van der Waals surface area contributed by atoms with Gasteiger partial charge in [0.15, 0.2) is 0 Å². The van der Waals surface area contributed by atoms with E-state index in [1.54, 1.807) is 23.7 Å². The van der Waals surface area contributed by atoms with Crippen molar-refractivity contribution in [3.05, 3.63) is 45.8 Å². The van der Waals surface area contributed by atoms with Gasteiger partial charge in [-0.25, -0.2) is 4.98 Å². The lowest BCUT2D eigenvalue weighted by Gasteiger charge is -2.07. The number of pyridine rings is 1. The Kier molecular flexibility index (Phi) is 5.27. The number of nitrogens with zero attached hydrogens (tertiary/aromatic N) is 1. The van der Waals surface area contributed by atoms with Gasteiger partial charge in [0.1, 0.15) is 17.0 Å². The first kappa shape index (κ1) is 17.7. The average molecular weight is 380 g/mol. The first-order valence-corrected chi connectivity index (χ1v) is 8.87.